The minimum atomic E-state index is 0.337. The average molecular weight is 224 g/mol. The first-order chi connectivity index (χ1) is 3.93. The molecular weight excluding hydrogens is 216 g/mol. The van der Waals surface area contributed by atoms with Crippen LogP contribution in [0.5, 0.6) is 0 Å². The summed E-state index contributed by atoms with van der Waals surface area (Å²) in [5.74, 6) is 0. The third-order valence-corrected chi connectivity index (χ3v) is 1.90. The fourth-order valence-corrected chi connectivity index (χ4v) is 1.13. The van der Waals surface area contributed by atoms with Crippen LogP contribution < -0.4 is 5.32 Å². The Bertz CT molecular complexity index is 67.1. The first kappa shape index (κ1) is 6.83. The highest BCUT2D eigenvalue weighted by Gasteiger charge is 2.11. The highest BCUT2D eigenvalue weighted by atomic mass is 127. The normalized spacial score (nSPS) is 29.9. The van der Waals surface area contributed by atoms with Gasteiger partial charge in [-0.25, -0.2) is 0 Å². The van der Waals surface area contributed by atoms with Crippen molar-refractivity contribution in [2.24, 2.45) is 0 Å². The summed E-state index contributed by atoms with van der Waals surface area (Å²) in [6, 6.07) is 0.337. The molecule has 0 aromatic rings. The van der Waals surface area contributed by atoms with Crippen LogP contribution >= 0.6 is 22.4 Å². The van der Waals surface area contributed by atoms with Gasteiger partial charge in [0.05, 0.1) is 12.6 Å². The molecule has 0 aliphatic carbocycles. The lowest BCUT2D eigenvalue weighted by molar-refractivity contribution is 0.0796. The summed E-state index contributed by atoms with van der Waals surface area (Å²) in [6.45, 7) is 2.83. The maximum atomic E-state index is 5.30. The number of ether oxygens (including phenoxy) is 1. The predicted molar refractivity (Wildman–Crippen MR) is 42.4 cm³/mol. The van der Waals surface area contributed by atoms with Gasteiger partial charge in [0.1, 0.15) is 0 Å². The lowest BCUT2D eigenvalue weighted by atomic mass is 9.99. The predicted octanol–water partition coefficient (Wildman–Crippen LogP) is -0.0135. The van der Waals surface area contributed by atoms with Gasteiger partial charge in [-0.1, -0.05) is 0 Å². The Kier molecular flexibility index (Phi) is 3.15. The largest absolute Gasteiger partial charge is 0.383 e. The van der Waals surface area contributed by atoms with E-state index in [0.29, 0.717) is 6.00 Å². The van der Waals surface area contributed by atoms with Crippen LogP contribution in [-0.2, 0) is 4.74 Å². The Balaban J connectivity index is 2.13. The van der Waals surface area contributed by atoms with E-state index in [2.05, 4.69) is 27.7 Å². The Labute approximate surface area is 63.5 Å². The molecular formula is C4H8BINO. The summed E-state index contributed by atoms with van der Waals surface area (Å²) < 4.78 is 5.30. The van der Waals surface area contributed by atoms with E-state index in [1.165, 1.54) is 0 Å². The van der Waals surface area contributed by atoms with Crippen LogP contribution in [0.4, 0.5) is 0 Å². The van der Waals surface area contributed by atoms with Crippen molar-refractivity contribution >= 4 is 27.5 Å². The van der Waals surface area contributed by atoms with Crippen molar-refractivity contribution < 1.29 is 4.74 Å². The van der Waals surface area contributed by atoms with Crippen LogP contribution in [0, 0.1) is 0 Å². The van der Waals surface area contributed by atoms with Gasteiger partial charge in [-0.3, -0.25) is 0 Å². The Morgan fingerprint density at radius 2 is 2.62 bits per heavy atom. The highest BCUT2D eigenvalue weighted by molar-refractivity contribution is 14.1. The van der Waals surface area contributed by atoms with Gasteiger partial charge in [-0.05, 0) is 0 Å². The van der Waals surface area contributed by atoms with E-state index in [4.69, 9.17) is 4.74 Å². The monoisotopic (exact) mass is 224 g/mol. The topological polar surface area (TPSA) is 21.3 Å². The van der Waals surface area contributed by atoms with Crippen LogP contribution in [0.3, 0.4) is 0 Å². The summed E-state index contributed by atoms with van der Waals surface area (Å²) >= 11 is 2.22. The molecule has 1 saturated heterocycles. The number of rotatable bonds is 1. The SMILES string of the molecule is I[B]C1CNCCO1. The minimum absolute atomic E-state index is 0.337. The smallest absolute Gasteiger partial charge is 0.238 e. The Morgan fingerprint density at radius 1 is 1.75 bits per heavy atom. The number of halogens is 1. The Hall–Kier alpha value is 0.715. The number of hydrogen-bond acceptors (Lipinski definition) is 2. The first-order valence-corrected chi connectivity index (χ1v) is 3.94. The molecule has 45 valence electrons. The summed E-state index contributed by atoms with van der Waals surface area (Å²) in [6.07, 6.45) is 0. The van der Waals surface area contributed by atoms with Crippen LogP contribution in [0.15, 0.2) is 0 Å². The molecule has 1 unspecified atom stereocenters. The molecule has 0 saturated carbocycles. The lowest BCUT2D eigenvalue weighted by Gasteiger charge is -2.20. The van der Waals surface area contributed by atoms with Crippen molar-refractivity contribution in [2.75, 3.05) is 19.7 Å². The minimum Gasteiger partial charge on any atom is -0.383 e. The van der Waals surface area contributed by atoms with Gasteiger partial charge in [0.25, 0.3) is 0 Å². The van der Waals surface area contributed by atoms with Gasteiger partial charge in [-0.15, -0.1) is 0 Å². The van der Waals surface area contributed by atoms with Crippen molar-refractivity contribution in [3.63, 3.8) is 0 Å². The fourth-order valence-electron chi connectivity index (χ4n) is 0.667. The zero-order valence-electron chi connectivity index (χ0n) is 4.56. The molecule has 0 aromatic heterocycles. The van der Waals surface area contributed by atoms with Crippen molar-refractivity contribution in [3.05, 3.63) is 0 Å². The van der Waals surface area contributed by atoms with Gasteiger partial charge in [0, 0.05) is 13.1 Å². The molecule has 1 N–H and O–H groups in total. The maximum Gasteiger partial charge on any atom is 0.238 e. The van der Waals surface area contributed by atoms with E-state index < -0.39 is 0 Å². The van der Waals surface area contributed by atoms with Crippen LogP contribution in [0.25, 0.3) is 0 Å². The van der Waals surface area contributed by atoms with Crippen molar-refractivity contribution in [1.29, 1.82) is 0 Å². The van der Waals surface area contributed by atoms with Gasteiger partial charge < -0.3 is 10.1 Å². The second-order valence-corrected chi connectivity index (χ2v) is 2.46. The summed E-state index contributed by atoms with van der Waals surface area (Å²) in [7, 11) is 0. The third kappa shape index (κ3) is 1.91. The molecule has 1 aliphatic rings. The molecule has 4 heteroatoms. The highest BCUT2D eigenvalue weighted by Crippen LogP contribution is 1.96. The molecule has 8 heavy (non-hydrogen) atoms. The van der Waals surface area contributed by atoms with Crippen LogP contribution in [-0.4, -0.2) is 30.8 Å². The van der Waals surface area contributed by atoms with Crippen molar-refractivity contribution in [3.8, 4) is 0 Å². The molecule has 1 rings (SSSR count). The molecule has 1 heterocycles. The van der Waals surface area contributed by atoms with E-state index in [1.54, 1.807) is 0 Å². The Morgan fingerprint density at radius 3 is 3.00 bits per heavy atom. The van der Waals surface area contributed by atoms with Gasteiger partial charge in [0.15, 0.2) is 0 Å². The molecule has 1 aliphatic heterocycles. The molecule has 1 radical (unpaired) electrons. The quantitative estimate of drug-likeness (QED) is 0.499. The number of nitrogens with one attached hydrogen (secondary N) is 1. The third-order valence-electron chi connectivity index (χ3n) is 1.10. The van der Waals surface area contributed by atoms with E-state index in [-0.39, 0.29) is 0 Å². The fraction of sp³-hybridized carbons (Fsp3) is 1.00. The molecule has 0 spiro atoms. The molecule has 1 atom stereocenters. The number of morpholine rings is 1. The molecule has 0 amide bonds. The standard InChI is InChI=1S/C4H8BINO/c6-5-4-3-7-1-2-8-4/h4,7H,1-3H2. The maximum absolute atomic E-state index is 5.30. The molecule has 0 bridgehead atoms. The van der Waals surface area contributed by atoms with E-state index in [9.17, 15) is 0 Å². The second kappa shape index (κ2) is 3.69. The van der Waals surface area contributed by atoms with Crippen LogP contribution in [0.2, 0.25) is 0 Å². The van der Waals surface area contributed by atoms with Crippen molar-refractivity contribution in [2.45, 2.75) is 6.00 Å². The lowest BCUT2D eigenvalue weighted by Crippen LogP contribution is -2.40. The molecule has 1 fully saturated rings. The van der Waals surface area contributed by atoms with Gasteiger partial charge >= 0.3 is 0 Å². The zero-order chi connectivity index (χ0) is 5.82. The number of hydrogen-bond donors (Lipinski definition) is 1. The van der Waals surface area contributed by atoms with E-state index >= 15 is 0 Å². The van der Waals surface area contributed by atoms with Crippen molar-refractivity contribution in [1.82, 2.24) is 5.32 Å². The van der Waals surface area contributed by atoms with Gasteiger partial charge in [0.2, 0.25) is 5.14 Å². The van der Waals surface area contributed by atoms with E-state index in [0.717, 1.165) is 19.7 Å². The van der Waals surface area contributed by atoms with Gasteiger partial charge in [-0.2, -0.15) is 22.4 Å². The van der Waals surface area contributed by atoms with Crippen LogP contribution in [0.1, 0.15) is 0 Å². The average Bonchev–Trinajstić information content (AvgIpc) is 1.90. The molecule has 2 nitrogen and oxygen atoms in total. The zero-order valence-corrected chi connectivity index (χ0v) is 6.72. The summed E-state index contributed by atoms with van der Waals surface area (Å²) in [5, 5.41) is 5.27. The first-order valence-electron chi connectivity index (χ1n) is 2.69. The van der Waals surface area contributed by atoms with E-state index in [1.807, 2.05) is 5.14 Å². The molecule has 0 aromatic carbocycles. The second-order valence-electron chi connectivity index (χ2n) is 1.74. The summed E-state index contributed by atoms with van der Waals surface area (Å²) in [4.78, 5) is 0. The summed E-state index contributed by atoms with van der Waals surface area (Å²) in [5.41, 5.74) is 0.